The summed E-state index contributed by atoms with van der Waals surface area (Å²) in [5, 5.41) is 0. The van der Waals surface area contributed by atoms with Gasteiger partial charge in [-0.05, 0) is 66.2 Å². The van der Waals surface area contributed by atoms with Crippen molar-refractivity contribution in [3.8, 4) is 22.8 Å². The lowest BCUT2D eigenvalue weighted by molar-refractivity contribution is -0.135. The van der Waals surface area contributed by atoms with E-state index < -0.39 is 29.8 Å². The lowest BCUT2D eigenvalue weighted by Crippen LogP contribution is -2.21. The van der Waals surface area contributed by atoms with Crippen LogP contribution in [0.2, 0.25) is 0 Å². The molecule has 3 aromatic carbocycles. The third kappa shape index (κ3) is 5.35. The van der Waals surface area contributed by atoms with Crippen molar-refractivity contribution in [2.24, 2.45) is 0 Å². The number of hydrogen-bond donors (Lipinski definition) is 0. The number of methoxy groups -OCH3 is 3. The summed E-state index contributed by atoms with van der Waals surface area (Å²) in [6, 6.07) is 17.2. The van der Waals surface area contributed by atoms with E-state index in [-0.39, 0.29) is 46.2 Å². The fourth-order valence-corrected chi connectivity index (χ4v) is 5.27. The van der Waals surface area contributed by atoms with E-state index in [1.807, 2.05) is 0 Å². The second kappa shape index (κ2) is 11.6. The van der Waals surface area contributed by atoms with Crippen molar-refractivity contribution < 1.29 is 52.1 Å². The smallest absolute Gasteiger partial charge is 0.337 e. The normalized spacial score (nSPS) is 15.9. The van der Waals surface area contributed by atoms with Gasteiger partial charge in [-0.3, -0.25) is 9.59 Å². The van der Waals surface area contributed by atoms with Gasteiger partial charge in [0.1, 0.15) is 23.0 Å². The molecule has 0 unspecified atom stereocenters. The van der Waals surface area contributed by atoms with Gasteiger partial charge in [-0.25, -0.2) is 14.4 Å². The molecule has 4 aromatic rings. The second-order valence-corrected chi connectivity index (χ2v) is 10.1. The first kappa shape index (κ1) is 29.1. The summed E-state index contributed by atoms with van der Waals surface area (Å²) in [5.41, 5.74) is 2.35. The van der Waals surface area contributed by atoms with E-state index in [0.717, 1.165) is 0 Å². The average Bonchev–Trinajstić information content (AvgIpc) is 3.68. The van der Waals surface area contributed by atoms with E-state index in [2.05, 4.69) is 0 Å². The van der Waals surface area contributed by atoms with E-state index in [1.165, 1.54) is 45.6 Å². The Hall–Kier alpha value is -5.97. The maximum atomic E-state index is 13.4. The lowest BCUT2D eigenvalue weighted by atomic mass is 9.88. The first-order valence-electron chi connectivity index (χ1n) is 13.6. The minimum Gasteiger partial charge on any atom is -0.465 e. The highest BCUT2D eigenvalue weighted by Crippen LogP contribution is 2.49. The summed E-state index contributed by atoms with van der Waals surface area (Å²) in [4.78, 5) is 62.4. The van der Waals surface area contributed by atoms with Crippen molar-refractivity contribution >= 4 is 35.7 Å². The number of ketones is 1. The third-order valence-electron chi connectivity index (χ3n) is 7.44. The molecule has 11 nitrogen and oxygen atoms in total. The molecule has 2 aliphatic heterocycles. The van der Waals surface area contributed by atoms with Gasteiger partial charge in [0.2, 0.25) is 5.78 Å². The van der Waals surface area contributed by atoms with Crippen LogP contribution in [0.1, 0.15) is 70.7 Å². The summed E-state index contributed by atoms with van der Waals surface area (Å²) >= 11 is 0. The summed E-state index contributed by atoms with van der Waals surface area (Å²) in [5.74, 6) is -2.15. The quantitative estimate of drug-likeness (QED) is 0.121. The first-order valence-corrected chi connectivity index (χ1v) is 13.6. The Bertz CT molecular complexity index is 1890. The van der Waals surface area contributed by atoms with Crippen LogP contribution in [0.25, 0.3) is 17.4 Å². The van der Waals surface area contributed by atoms with Gasteiger partial charge >= 0.3 is 23.9 Å². The van der Waals surface area contributed by atoms with Crippen LogP contribution >= 0.6 is 0 Å². The van der Waals surface area contributed by atoms with Crippen molar-refractivity contribution in [1.82, 2.24) is 0 Å². The van der Waals surface area contributed by atoms with Crippen molar-refractivity contribution in [1.29, 1.82) is 0 Å². The average molecular weight is 609 g/mol. The number of esters is 4. The molecule has 45 heavy (non-hydrogen) atoms. The molecule has 226 valence electrons. The van der Waals surface area contributed by atoms with Crippen LogP contribution in [0.5, 0.6) is 11.5 Å². The van der Waals surface area contributed by atoms with E-state index >= 15 is 0 Å². The highest BCUT2D eigenvalue weighted by Gasteiger charge is 2.39. The predicted molar refractivity (Wildman–Crippen MR) is 156 cm³/mol. The highest BCUT2D eigenvalue weighted by molar-refractivity contribution is 6.15. The van der Waals surface area contributed by atoms with Crippen LogP contribution in [0.3, 0.4) is 0 Å². The monoisotopic (exact) mass is 608 g/mol. The zero-order chi connectivity index (χ0) is 31.8. The van der Waals surface area contributed by atoms with E-state index in [1.54, 1.807) is 48.5 Å². The number of hydrogen-bond acceptors (Lipinski definition) is 11. The maximum Gasteiger partial charge on any atom is 0.337 e. The molecule has 2 aliphatic rings. The minimum absolute atomic E-state index is 0.0509. The molecule has 0 bridgehead atoms. The van der Waals surface area contributed by atoms with Crippen LogP contribution in [0.15, 0.2) is 76.9 Å². The summed E-state index contributed by atoms with van der Waals surface area (Å²) in [7, 11) is 3.74. The summed E-state index contributed by atoms with van der Waals surface area (Å²) in [6.07, 6.45) is 1.45. The zero-order valence-corrected chi connectivity index (χ0v) is 24.2. The maximum absolute atomic E-state index is 13.4. The fourth-order valence-electron chi connectivity index (χ4n) is 5.27. The molecule has 11 heteroatoms. The summed E-state index contributed by atoms with van der Waals surface area (Å²) in [6.45, 7) is 0. The molecule has 0 N–H and O–H groups in total. The SMILES string of the molecule is COC(=O)c1ccc(/C=C2\Oc3c(ccc4c3[C@@H](c3ccc(-c5cc(C(=O)OC)cc(C(=O)OC)c5)o3)CC(=O)O4)C2=O)cc1. The summed E-state index contributed by atoms with van der Waals surface area (Å²) < 4.78 is 32.2. The number of ether oxygens (including phenoxy) is 5. The van der Waals surface area contributed by atoms with Gasteiger partial charge in [-0.1, -0.05) is 12.1 Å². The van der Waals surface area contributed by atoms with Gasteiger partial charge in [-0.15, -0.1) is 0 Å². The lowest BCUT2D eigenvalue weighted by Gasteiger charge is -2.24. The molecular formula is C34H24O11. The number of rotatable bonds is 6. The van der Waals surface area contributed by atoms with Gasteiger partial charge in [0, 0.05) is 11.1 Å². The van der Waals surface area contributed by atoms with Gasteiger partial charge in [0.15, 0.2) is 5.76 Å². The van der Waals surface area contributed by atoms with Crippen molar-refractivity contribution in [3.05, 3.63) is 112 Å². The Labute approximate surface area is 255 Å². The number of fused-ring (bicyclic) bond motifs is 3. The second-order valence-electron chi connectivity index (χ2n) is 10.1. The molecule has 0 radical (unpaired) electrons. The van der Waals surface area contributed by atoms with Gasteiger partial charge in [-0.2, -0.15) is 0 Å². The van der Waals surface area contributed by atoms with E-state index in [9.17, 15) is 24.0 Å². The third-order valence-corrected chi connectivity index (χ3v) is 7.44. The standard InChI is InChI=1S/C34H24O11/c1-40-32(37)18-6-4-17(5-7-18)12-27-30(36)22-8-9-26-29(31(22)45-27)23(16-28(35)44-26)25-11-10-24(43-25)19-13-20(33(38)41-2)15-21(14-19)34(39)42-3/h4-15,23H,16H2,1-3H3/b27-12-/t23-/m1/s1. The Balaban J connectivity index is 1.37. The number of benzene rings is 3. The number of furan rings is 1. The molecule has 6 rings (SSSR count). The van der Waals surface area contributed by atoms with Crippen LogP contribution in [0.4, 0.5) is 0 Å². The Kier molecular flexibility index (Phi) is 7.51. The largest absolute Gasteiger partial charge is 0.465 e. The van der Waals surface area contributed by atoms with Gasteiger partial charge < -0.3 is 28.1 Å². The number of carbonyl (C=O) groups is 5. The predicted octanol–water partition coefficient (Wildman–Crippen LogP) is 5.36. The number of Topliss-reactive ketones (excluding diaryl/α,β-unsaturated/α-hetero) is 1. The van der Waals surface area contributed by atoms with E-state index in [4.69, 9.17) is 28.1 Å². The van der Waals surface area contributed by atoms with Crippen molar-refractivity contribution in [2.75, 3.05) is 21.3 Å². The molecule has 3 heterocycles. The molecule has 0 fully saturated rings. The molecule has 0 saturated carbocycles. The van der Waals surface area contributed by atoms with Crippen molar-refractivity contribution in [3.63, 3.8) is 0 Å². The topological polar surface area (TPSA) is 145 Å². The van der Waals surface area contributed by atoms with E-state index in [0.29, 0.717) is 33.8 Å². The Morgan fingerprint density at radius 1 is 0.756 bits per heavy atom. The highest BCUT2D eigenvalue weighted by atomic mass is 16.5. The minimum atomic E-state index is -0.680. The number of carbonyl (C=O) groups excluding carboxylic acids is 5. The molecule has 0 spiro atoms. The van der Waals surface area contributed by atoms with Gasteiger partial charge in [0.05, 0.1) is 55.9 Å². The number of allylic oxidation sites excluding steroid dienone is 1. The molecule has 1 aromatic heterocycles. The molecule has 0 aliphatic carbocycles. The zero-order valence-electron chi connectivity index (χ0n) is 24.2. The molecule has 0 saturated heterocycles. The van der Waals surface area contributed by atoms with Gasteiger partial charge in [0.25, 0.3) is 0 Å². The molecule has 1 atom stereocenters. The van der Waals surface area contributed by atoms with Crippen LogP contribution in [-0.2, 0) is 19.0 Å². The van der Waals surface area contributed by atoms with Crippen molar-refractivity contribution in [2.45, 2.75) is 12.3 Å². The fraction of sp³-hybridized carbons (Fsp3) is 0.147. The Morgan fingerprint density at radius 2 is 1.40 bits per heavy atom. The molecular weight excluding hydrogens is 584 g/mol. The molecule has 0 amide bonds. The van der Waals surface area contributed by atoms with Crippen LogP contribution in [-0.4, -0.2) is 51.0 Å². The van der Waals surface area contributed by atoms with Crippen LogP contribution < -0.4 is 9.47 Å². The first-order chi connectivity index (χ1) is 21.7. The Morgan fingerprint density at radius 3 is 2.04 bits per heavy atom. The van der Waals surface area contributed by atoms with Crippen LogP contribution in [0, 0.1) is 0 Å².